The highest BCUT2D eigenvalue weighted by molar-refractivity contribution is 6.04. The molecule has 7 heteroatoms. The van der Waals surface area contributed by atoms with Gasteiger partial charge in [0.05, 0.1) is 23.7 Å². The third kappa shape index (κ3) is 2.46. The third-order valence-corrected chi connectivity index (χ3v) is 3.73. The normalized spacial score (nSPS) is 10.7. The van der Waals surface area contributed by atoms with Crippen molar-refractivity contribution in [2.75, 3.05) is 12.5 Å². The van der Waals surface area contributed by atoms with E-state index in [4.69, 9.17) is 4.74 Å². The maximum absolute atomic E-state index is 12.5. The fraction of sp³-hybridized carbons (Fsp3) is 0.188. The fourth-order valence-corrected chi connectivity index (χ4v) is 2.60. The van der Waals surface area contributed by atoms with Crippen LogP contribution in [0.25, 0.3) is 11.0 Å². The molecule has 0 saturated heterocycles. The van der Waals surface area contributed by atoms with E-state index in [-0.39, 0.29) is 5.91 Å². The number of carbonyl (C=O) groups is 2. The Labute approximate surface area is 132 Å². The summed E-state index contributed by atoms with van der Waals surface area (Å²) in [5.74, 6) is -0.827. The molecule has 0 saturated carbocycles. The Morgan fingerprint density at radius 1 is 1.26 bits per heavy atom. The first-order valence-corrected chi connectivity index (χ1v) is 7.04. The van der Waals surface area contributed by atoms with Crippen LogP contribution < -0.4 is 5.43 Å². The summed E-state index contributed by atoms with van der Waals surface area (Å²) in [4.78, 5) is 31.5. The van der Waals surface area contributed by atoms with Crippen LogP contribution in [0.1, 0.15) is 32.1 Å². The number of ether oxygens (including phenoxy) is 1. The van der Waals surface area contributed by atoms with Crippen molar-refractivity contribution < 1.29 is 14.3 Å². The summed E-state index contributed by atoms with van der Waals surface area (Å²) >= 11 is 0. The molecule has 0 spiro atoms. The molecule has 1 amide bonds. The van der Waals surface area contributed by atoms with Crippen LogP contribution in [0.5, 0.6) is 0 Å². The number of aromatic amines is 1. The summed E-state index contributed by atoms with van der Waals surface area (Å²) in [7, 11) is 1.31. The minimum absolute atomic E-state index is 0.320. The van der Waals surface area contributed by atoms with Crippen molar-refractivity contribution in [1.82, 2.24) is 14.6 Å². The molecule has 0 aliphatic rings. The van der Waals surface area contributed by atoms with Gasteiger partial charge in [-0.3, -0.25) is 10.2 Å². The Morgan fingerprint density at radius 2 is 2.00 bits per heavy atom. The molecule has 1 aromatic carbocycles. The smallest absolute Gasteiger partial charge is 0.339 e. The molecule has 0 atom stereocenters. The Balaban J connectivity index is 1.94. The molecule has 118 valence electrons. The first kappa shape index (κ1) is 14.8. The highest BCUT2D eigenvalue weighted by atomic mass is 16.5. The van der Waals surface area contributed by atoms with Gasteiger partial charge in [-0.05, 0) is 31.5 Å². The van der Waals surface area contributed by atoms with E-state index in [1.54, 1.807) is 18.5 Å². The van der Waals surface area contributed by atoms with Gasteiger partial charge < -0.3 is 9.72 Å². The molecule has 2 aromatic heterocycles. The average Bonchev–Trinajstić information content (AvgIpc) is 3.08. The van der Waals surface area contributed by atoms with Crippen molar-refractivity contribution >= 4 is 22.9 Å². The lowest BCUT2D eigenvalue weighted by atomic mass is 10.1. The number of esters is 1. The number of fused-ring (bicyclic) bond motifs is 1. The quantitative estimate of drug-likeness (QED) is 0.725. The Bertz CT molecular complexity index is 907. The number of amides is 1. The number of H-pyrrole nitrogens is 1. The number of nitrogens with zero attached hydrogens (tertiary/aromatic N) is 2. The average molecular weight is 312 g/mol. The molecule has 0 fully saturated rings. The SMILES string of the molecule is COC(=O)c1c(C)[nH]c(C(=O)Nn2cnc3ccccc32)c1C. The lowest BCUT2D eigenvalue weighted by Crippen LogP contribution is -2.23. The number of nitrogens with one attached hydrogen (secondary N) is 2. The van der Waals surface area contributed by atoms with E-state index in [0.717, 1.165) is 11.0 Å². The predicted octanol–water partition coefficient (Wildman–Crippen LogP) is 2.15. The molecule has 7 nitrogen and oxygen atoms in total. The summed E-state index contributed by atoms with van der Waals surface area (Å²) in [5.41, 5.74) is 6.17. The van der Waals surface area contributed by atoms with Crippen LogP contribution in [0, 0.1) is 13.8 Å². The lowest BCUT2D eigenvalue weighted by molar-refractivity contribution is 0.0599. The van der Waals surface area contributed by atoms with Crippen molar-refractivity contribution in [3.63, 3.8) is 0 Å². The Hall–Kier alpha value is -3.09. The largest absolute Gasteiger partial charge is 0.465 e. The van der Waals surface area contributed by atoms with Gasteiger partial charge in [-0.25, -0.2) is 14.5 Å². The van der Waals surface area contributed by atoms with Crippen molar-refractivity contribution in [3.8, 4) is 0 Å². The summed E-state index contributed by atoms with van der Waals surface area (Å²) in [6.07, 6.45) is 1.54. The summed E-state index contributed by atoms with van der Waals surface area (Å²) in [6.45, 7) is 3.43. The summed E-state index contributed by atoms with van der Waals surface area (Å²) in [5, 5.41) is 0. The monoisotopic (exact) mass is 312 g/mol. The predicted molar refractivity (Wildman–Crippen MR) is 85.0 cm³/mol. The highest BCUT2D eigenvalue weighted by Crippen LogP contribution is 2.19. The third-order valence-electron chi connectivity index (χ3n) is 3.73. The Kier molecular flexibility index (Phi) is 3.61. The second kappa shape index (κ2) is 5.60. The second-order valence-electron chi connectivity index (χ2n) is 5.16. The molecule has 23 heavy (non-hydrogen) atoms. The number of rotatable bonds is 3. The lowest BCUT2D eigenvalue weighted by Gasteiger charge is -2.06. The molecule has 3 rings (SSSR count). The van der Waals surface area contributed by atoms with E-state index in [1.807, 2.05) is 24.3 Å². The van der Waals surface area contributed by atoms with Gasteiger partial charge in [0.2, 0.25) is 0 Å². The number of imidazole rings is 1. The zero-order valence-corrected chi connectivity index (χ0v) is 13.0. The molecule has 0 aliphatic heterocycles. The molecule has 0 bridgehead atoms. The van der Waals surface area contributed by atoms with Crippen LogP contribution in [-0.4, -0.2) is 33.6 Å². The van der Waals surface area contributed by atoms with Gasteiger partial charge in [0.15, 0.2) is 0 Å². The van der Waals surface area contributed by atoms with Crippen LogP contribution in [-0.2, 0) is 4.74 Å². The van der Waals surface area contributed by atoms with Crippen molar-refractivity contribution in [3.05, 3.63) is 53.1 Å². The number of aryl methyl sites for hydroxylation is 1. The standard InChI is InChI=1S/C16H16N4O3/c1-9-13(16(22)23-3)10(2)18-14(9)15(21)19-20-8-17-11-6-4-5-7-12(11)20/h4-8,18H,1-3H3,(H,19,21). The van der Waals surface area contributed by atoms with Crippen LogP contribution in [0.3, 0.4) is 0 Å². The molecule has 0 radical (unpaired) electrons. The maximum atomic E-state index is 12.5. The van der Waals surface area contributed by atoms with E-state index in [0.29, 0.717) is 22.5 Å². The van der Waals surface area contributed by atoms with E-state index < -0.39 is 5.97 Å². The van der Waals surface area contributed by atoms with Gasteiger partial charge >= 0.3 is 5.97 Å². The topological polar surface area (TPSA) is 89.0 Å². The molecule has 0 aliphatic carbocycles. The van der Waals surface area contributed by atoms with E-state index in [9.17, 15) is 9.59 Å². The van der Waals surface area contributed by atoms with E-state index in [1.165, 1.54) is 13.4 Å². The van der Waals surface area contributed by atoms with Crippen LogP contribution in [0.15, 0.2) is 30.6 Å². The number of hydrogen-bond donors (Lipinski definition) is 2. The number of methoxy groups -OCH3 is 1. The highest BCUT2D eigenvalue weighted by Gasteiger charge is 2.22. The molecule has 2 N–H and O–H groups in total. The van der Waals surface area contributed by atoms with Crippen LogP contribution in [0.2, 0.25) is 0 Å². The van der Waals surface area contributed by atoms with Crippen LogP contribution >= 0.6 is 0 Å². The van der Waals surface area contributed by atoms with Gasteiger partial charge in [-0.2, -0.15) is 0 Å². The Morgan fingerprint density at radius 3 is 2.74 bits per heavy atom. The fourth-order valence-electron chi connectivity index (χ4n) is 2.60. The number of carbonyl (C=O) groups excluding carboxylic acids is 2. The zero-order chi connectivity index (χ0) is 16.6. The van der Waals surface area contributed by atoms with Gasteiger partial charge in [-0.15, -0.1) is 0 Å². The van der Waals surface area contributed by atoms with Gasteiger partial charge in [0.25, 0.3) is 5.91 Å². The minimum Gasteiger partial charge on any atom is -0.465 e. The van der Waals surface area contributed by atoms with Gasteiger partial charge in [-0.1, -0.05) is 12.1 Å². The van der Waals surface area contributed by atoms with E-state index >= 15 is 0 Å². The van der Waals surface area contributed by atoms with E-state index in [2.05, 4.69) is 15.4 Å². The molecule has 2 heterocycles. The number of para-hydroxylation sites is 2. The molecule has 3 aromatic rings. The second-order valence-corrected chi connectivity index (χ2v) is 5.16. The minimum atomic E-state index is -0.469. The number of benzene rings is 1. The molecular weight excluding hydrogens is 296 g/mol. The summed E-state index contributed by atoms with van der Waals surface area (Å²) < 4.78 is 6.30. The van der Waals surface area contributed by atoms with Crippen molar-refractivity contribution in [2.45, 2.75) is 13.8 Å². The number of hydrogen-bond acceptors (Lipinski definition) is 4. The zero-order valence-electron chi connectivity index (χ0n) is 13.0. The molecular formula is C16H16N4O3. The van der Waals surface area contributed by atoms with Gasteiger partial charge in [0, 0.05) is 5.69 Å². The molecule has 0 unspecified atom stereocenters. The first-order chi connectivity index (χ1) is 11.0. The maximum Gasteiger partial charge on any atom is 0.339 e. The van der Waals surface area contributed by atoms with Crippen molar-refractivity contribution in [2.24, 2.45) is 0 Å². The first-order valence-electron chi connectivity index (χ1n) is 7.04. The van der Waals surface area contributed by atoms with Gasteiger partial charge in [0.1, 0.15) is 12.0 Å². The van der Waals surface area contributed by atoms with Crippen LogP contribution in [0.4, 0.5) is 0 Å². The summed E-state index contributed by atoms with van der Waals surface area (Å²) in [6, 6.07) is 7.46. The number of aromatic nitrogens is 3. The van der Waals surface area contributed by atoms with Crippen molar-refractivity contribution in [1.29, 1.82) is 0 Å².